The second kappa shape index (κ2) is 13.8. The highest BCUT2D eigenvalue weighted by molar-refractivity contribution is 6.33. The van der Waals surface area contributed by atoms with Gasteiger partial charge in [-0.1, -0.05) is 68.6 Å². The molecule has 0 radical (unpaired) electrons. The van der Waals surface area contributed by atoms with E-state index in [0.717, 1.165) is 37.2 Å². The molecule has 0 atom stereocenters. The molecule has 4 rings (SSSR count). The summed E-state index contributed by atoms with van der Waals surface area (Å²) in [5.41, 5.74) is 4.23. The van der Waals surface area contributed by atoms with E-state index >= 15 is 0 Å². The molecule has 0 amide bonds. The number of halogens is 1. The first-order valence-electron chi connectivity index (χ1n) is 13.1. The van der Waals surface area contributed by atoms with Gasteiger partial charge in [-0.2, -0.15) is 10.2 Å². The van der Waals surface area contributed by atoms with E-state index in [-0.39, 0.29) is 11.2 Å². The van der Waals surface area contributed by atoms with Gasteiger partial charge in [0.15, 0.2) is 5.69 Å². The third-order valence-electron chi connectivity index (χ3n) is 6.50. The van der Waals surface area contributed by atoms with Gasteiger partial charge in [-0.3, -0.25) is 9.89 Å². The summed E-state index contributed by atoms with van der Waals surface area (Å²) in [4.78, 5) is 12.8. The molecule has 9 heteroatoms. The molecular weight excluding hydrogens is 512 g/mol. The van der Waals surface area contributed by atoms with Gasteiger partial charge >= 0.3 is 0 Å². The van der Waals surface area contributed by atoms with Crippen LogP contribution in [0.2, 0.25) is 5.02 Å². The van der Waals surface area contributed by atoms with Gasteiger partial charge in [-0.25, -0.2) is 4.68 Å². The predicted molar refractivity (Wildman–Crippen MR) is 156 cm³/mol. The number of aryl methyl sites for hydroxylation is 1. The van der Waals surface area contributed by atoms with Crippen LogP contribution in [0.5, 0.6) is 0 Å². The molecule has 39 heavy (non-hydrogen) atoms. The van der Waals surface area contributed by atoms with E-state index in [2.05, 4.69) is 39.4 Å². The van der Waals surface area contributed by atoms with Crippen molar-refractivity contribution in [3.05, 3.63) is 99.4 Å². The van der Waals surface area contributed by atoms with Crippen molar-refractivity contribution in [3.63, 3.8) is 0 Å². The molecule has 0 fully saturated rings. The van der Waals surface area contributed by atoms with Crippen LogP contribution >= 0.6 is 11.6 Å². The highest BCUT2D eigenvalue weighted by atomic mass is 35.5. The van der Waals surface area contributed by atoms with Crippen LogP contribution in [0, 0.1) is 12.8 Å². The normalized spacial score (nSPS) is 11.8. The van der Waals surface area contributed by atoms with Gasteiger partial charge in [0.1, 0.15) is 5.69 Å². The van der Waals surface area contributed by atoms with Crippen molar-refractivity contribution in [2.45, 2.75) is 40.0 Å². The molecule has 0 bridgehead atoms. The molecule has 0 unspecified atom stereocenters. The lowest BCUT2D eigenvalue weighted by Crippen LogP contribution is -2.13. The first kappa shape index (κ1) is 28.1. The van der Waals surface area contributed by atoms with E-state index in [1.54, 1.807) is 25.1 Å². The maximum absolute atomic E-state index is 12.8. The van der Waals surface area contributed by atoms with Gasteiger partial charge in [0.05, 0.1) is 34.4 Å². The third-order valence-corrected chi connectivity index (χ3v) is 6.81. The summed E-state index contributed by atoms with van der Waals surface area (Å²) < 4.78 is 7.26. The van der Waals surface area contributed by atoms with Crippen LogP contribution in [0.25, 0.3) is 5.69 Å². The number of ether oxygens (including phenoxy) is 1. The molecule has 202 valence electrons. The molecule has 0 aliphatic heterocycles. The Morgan fingerprint density at radius 2 is 1.59 bits per heavy atom. The zero-order valence-electron chi connectivity index (χ0n) is 22.5. The molecule has 0 aliphatic rings. The zero-order chi connectivity index (χ0) is 27.6. The van der Waals surface area contributed by atoms with E-state index in [1.165, 1.54) is 10.2 Å². The van der Waals surface area contributed by atoms with Crippen LogP contribution in [-0.4, -0.2) is 23.0 Å². The minimum absolute atomic E-state index is 0.236. The largest absolute Gasteiger partial charge is 0.381 e. The van der Waals surface area contributed by atoms with Crippen molar-refractivity contribution in [2.24, 2.45) is 26.4 Å². The lowest BCUT2D eigenvalue weighted by atomic mass is 10.1. The monoisotopic (exact) mass is 544 g/mol. The summed E-state index contributed by atoms with van der Waals surface area (Å²) in [5, 5.41) is 20.4. The minimum atomic E-state index is -0.279. The average molecular weight is 545 g/mol. The summed E-state index contributed by atoms with van der Waals surface area (Å²) in [6.45, 7) is 7.72. The number of aromatic nitrogens is 2. The molecule has 8 nitrogen and oxygen atoms in total. The Hall–Kier alpha value is -3.88. The van der Waals surface area contributed by atoms with Crippen molar-refractivity contribution in [3.8, 4) is 5.69 Å². The second-order valence-electron chi connectivity index (χ2n) is 9.27. The van der Waals surface area contributed by atoms with Crippen LogP contribution in [-0.2, 0) is 11.2 Å². The van der Waals surface area contributed by atoms with Crippen molar-refractivity contribution in [2.75, 3.05) is 13.2 Å². The lowest BCUT2D eigenvalue weighted by Gasteiger charge is -2.12. The van der Waals surface area contributed by atoms with Crippen LogP contribution in [0.1, 0.15) is 37.9 Å². The molecule has 0 spiro atoms. The summed E-state index contributed by atoms with van der Waals surface area (Å²) in [7, 11) is 0. The smallest absolute Gasteiger partial charge is 0.299 e. The highest BCUT2D eigenvalue weighted by Crippen LogP contribution is 2.31. The Kier molecular flexibility index (Phi) is 9.94. The van der Waals surface area contributed by atoms with E-state index < -0.39 is 0 Å². The molecular formula is C30H33ClN6O2. The van der Waals surface area contributed by atoms with Crippen LogP contribution in [0.3, 0.4) is 0 Å². The van der Waals surface area contributed by atoms with Gasteiger partial charge in [-0.15, -0.1) is 10.2 Å². The number of hydrogen-bond donors (Lipinski definition) is 1. The minimum Gasteiger partial charge on any atom is -0.381 e. The standard InChI is InChI=1S/C30H33ClN6O2/c1-4-22(5-2)20-39-18-17-23-11-13-24(14-12-23)32-34-28-16-15-25(19-27(28)31)33-35-29-21(3)36-37(30(29)38)26-9-7-6-8-10-26/h6-16,19,22,36H,4-5,17-18,20H2,1-3H3. The number of para-hydroxylation sites is 1. The summed E-state index contributed by atoms with van der Waals surface area (Å²) in [5.74, 6) is 0.637. The molecule has 4 aromatic rings. The van der Waals surface area contributed by atoms with Crippen molar-refractivity contribution >= 4 is 34.4 Å². The maximum Gasteiger partial charge on any atom is 0.299 e. The number of rotatable bonds is 12. The van der Waals surface area contributed by atoms with Crippen molar-refractivity contribution in [1.29, 1.82) is 0 Å². The van der Waals surface area contributed by atoms with E-state index in [9.17, 15) is 4.79 Å². The van der Waals surface area contributed by atoms with Gasteiger partial charge < -0.3 is 4.74 Å². The fourth-order valence-corrected chi connectivity index (χ4v) is 4.18. The summed E-state index contributed by atoms with van der Waals surface area (Å²) in [6.07, 6.45) is 3.16. The number of aromatic amines is 1. The van der Waals surface area contributed by atoms with E-state index in [0.29, 0.717) is 34.6 Å². The molecule has 1 aromatic heterocycles. The lowest BCUT2D eigenvalue weighted by molar-refractivity contribution is 0.0989. The van der Waals surface area contributed by atoms with Gasteiger partial charge in [-0.05, 0) is 67.3 Å². The summed E-state index contributed by atoms with van der Waals surface area (Å²) in [6, 6.07) is 22.3. The predicted octanol–water partition coefficient (Wildman–Crippen LogP) is 8.95. The van der Waals surface area contributed by atoms with Gasteiger partial charge in [0, 0.05) is 6.61 Å². The first-order valence-corrected chi connectivity index (χ1v) is 13.5. The first-order chi connectivity index (χ1) is 19.0. The fraction of sp³-hybridized carbons (Fsp3) is 0.300. The van der Waals surface area contributed by atoms with Crippen molar-refractivity contribution < 1.29 is 4.74 Å². The average Bonchev–Trinajstić information content (AvgIpc) is 3.25. The van der Waals surface area contributed by atoms with Gasteiger partial charge in [0.25, 0.3) is 5.56 Å². The number of azo groups is 2. The molecule has 1 N–H and O–H groups in total. The molecule has 0 saturated carbocycles. The van der Waals surface area contributed by atoms with Crippen molar-refractivity contribution in [1.82, 2.24) is 9.78 Å². The molecule has 1 heterocycles. The number of nitrogens with one attached hydrogen (secondary N) is 1. The number of benzene rings is 3. The molecule has 0 saturated heterocycles. The number of nitrogens with zero attached hydrogens (tertiary/aromatic N) is 5. The van der Waals surface area contributed by atoms with E-state index in [1.807, 2.05) is 54.6 Å². The molecule has 3 aromatic carbocycles. The van der Waals surface area contributed by atoms with Crippen LogP contribution < -0.4 is 5.56 Å². The fourth-order valence-electron chi connectivity index (χ4n) is 3.97. The Morgan fingerprint density at radius 1 is 0.897 bits per heavy atom. The quantitative estimate of drug-likeness (QED) is 0.142. The molecule has 0 aliphatic carbocycles. The zero-order valence-corrected chi connectivity index (χ0v) is 23.2. The summed E-state index contributed by atoms with van der Waals surface area (Å²) >= 11 is 6.42. The highest BCUT2D eigenvalue weighted by Gasteiger charge is 2.12. The Balaban J connectivity index is 1.36. The Morgan fingerprint density at radius 3 is 2.28 bits per heavy atom. The number of H-pyrrole nitrogens is 1. The van der Waals surface area contributed by atoms with E-state index in [4.69, 9.17) is 16.3 Å². The van der Waals surface area contributed by atoms with Crippen LogP contribution in [0.4, 0.5) is 22.7 Å². The Labute approximate surface area is 233 Å². The maximum atomic E-state index is 12.8. The SMILES string of the molecule is CCC(CC)COCCc1ccc(N=Nc2ccc(N=Nc3c(C)[nH]n(-c4ccccc4)c3=O)cc2Cl)cc1. The Bertz CT molecular complexity index is 1470. The number of hydrogen-bond acceptors (Lipinski definition) is 6. The second-order valence-corrected chi connectivity index (χ2v) is 9.68. The van der Waals surface area contributed by atoms with Crippen LogP contribution in [0.15, 0.2) is 98.0 Å². The van der Waals surface area contributed by atoms with Gasteiger partial charge in [0.2, 0.25) is 0 Å². The third kappa shape index (κ3) is 7.59. The topological polar surface area (TPSA) is 96.5 Å².